The smallest absolute Gasteiger partial charge is 0.157 e. The van der Waals surface area contributed by atoms with Crippen molar-refractivity contribution in [3.8, 4) is 11.5 Å². The van der Waals surface area contributed by atoms with Crippen molar-refractivity contribution in [2.24, 2.45) is 5.73 Å². The fraction of sp³-hybridized carbons (Fsp3) is 0.571. The second-order valence-electron chi connectivity index (χ2n) is 5.61. The molecule has 5 nitrogen and oxygen atoms in total. The van der Waals surface area contributed by atoms with Crippen molar-refractivity contribution >= 4 is 9.84 Å². The summed E-state index contributed by atoms with van der Waals surface area (Å²) in [6.07, 6.45) is 0. The third kappa shape index (κ3) is 3.64. The summed E-state index contributed by atoms with van der Waals surface area (Å²) in [7, 11) is -0.242. The van der Waals surface area contributed by atoms with Crippen molar-refractivity contribution in [3.63, 3.8) is 0 Å². The van der Waals surface area contributed by atoms with Crippen LogP contribution in [0.25, 0.3) is 0 Å². The van der Waals surface area contributed by atoms with E-state index in [4.69, 9.17) is 15.2 Å². The molecular weight excluding hydrogens is 278 g/mol. The summed E-state index contributed by atoms with van der Waals surface area (Å²) < 4.78 is 34.0. The fourth-order valence-electron chi connectivity index (χ4n) is 1.71. The lowest BCUT2D eigenvalue weighted by Gasteiger charge is -2.23. The number of nitrogens with two attached hydrogens (primary N) is 1. The van der Waals surface area contributed by atoms with Gasteiger partial charge in [0.2, 0.25) is 0 Å². The Morgan fingerprint density at radius 1 is 1.20 bits per heavy atom. The summed E-state index contributed by atoms with van der Waals surface area (Å²) in [6.45, 7) is 4.99. The maximum absolute atomic E-state index is 12.2. The molecule has 0 saturated carbocycles. The van der Waals surface area contributed by atoms with Crippen LogP contribution in [0.4, 0.5) is 0 Å². The third-order valence-corrected chi connectivity index (χ3v) is 5.83. The SMILES string of the molecule is COc1ccc(OC)c(C(N)CS(=O)(=O)C(C)(C)C)c1. The highest BCUT2D eigenvalue weighted by molar-refractivity contribution is 7.92. The molecule has 0 aliphatic rings. The van der Waals surface area contributed by atoms with E-state index in [1.807, 2.05) is 0 Å². The van der Waals surface area contributed by atoms with Crippen LogP contribution < -0.4 is 15.2 Å². The van der Waals surface area contributed by atoms with Gasteiger partial charge in [-0.15, -0.1) is 0 Å². The van der Waals surface area contributed by atoms with Crippen molar-refractivity contribution in [1.82, 2.24) is 0 Å². The maximum Gasteiger partial charge on any atom is 0.157 e. The largest absolute Gasteiger partial charge is 0.497 e. The van der Waals surface area contributed by atoms with Crippen LogP contribution in [0.15, 0.2) is 18.2 Å². The topological polar surface area (TPSA) is 78.6 Å². The number of rotatable bonds is 5. The molecule has 0 aliphatic carbocycles. The van der Waals surface area contributed by atoms with Gasteiger partial charge in [-0.2, -0.15) is 0 Å². The molecular formula is C14H23NO4S. The van der Waals surface area contributed by atoms with Crippen LogP contribution in [0.1, 0.15) is 32.4 Å². The second-order valence-corrected chi connectivity index (χ2v) is 8.40. The first kappa shape index (κ1) is 16.8. The molecule has 1 rings (SSSR count). The van der Waals surface area contributed by atoms with Gasteiger partial charge in [0.15, 0.2) is 9.84 Å². The van der Waals surface area contributed by atoms with Crippen molar-refractivity contribution in [3.05, 3.63) is 23.8 Å². The highest BCUT2D eigenvalue weighted by Gasteiger charge is 2.31. The first-order valence-electron chi connectivity index (χ1n) is 6.32. The van der Waals surface area contributed by atoms with Crippen LogP contribution in [-0.2, 0) is 9.84 Å². The molecule has 0 radical (unpaired) electrons. The molecule has 0 amide bonds. The number of ether oxygens (including phenoxy) is 2. The predicted octanol–water partition coefficient (Wildman–Crippen LogP) is 1.92. The highest BCUT2D eigenvalue weighted by atomic mass is 32.2. The van der Waals surface area contributed by atoms with Gasteiger partial charge in [-0.3, -0.25) is 0 Å². The average Bonchev–Trinajstić information content (AvgIpc) is 2.36. The summed E-state index contributed by atoms with van der Waals surface area (Å²) in [6, 6.07) is 4.51. The van der Waals surface area contributed by atoms with Gasteiger partial charge in [-0.1, -0.05) is 0 Å². The Kier molecular flexibility index (Phi) is 5.05. The van der Waals surface area contributed by atoms with Gasteiger partial charge < -0.3 is 15.2 Å². The van der Waals surface area contributed by atoms with E-state index >= 15 is 0 Å². The zero-order chi connectivity index (χ0) is 15.6. The minimum Gasteiger partial charge on any atom is -0.497 e. The number of sulfone groups is 1. The predicted molar refractivity (Wildman–Crippen MR) is 80.0 cm³/mol. The molecule has 1 unspecified atom stereocenters. The first-order chi connectivity index (χ1) is 9.12. The second kappa shape index (κ2) is 6.01. The molecule has 1 aromatic rings. The minimum absolute atomic E-state index is 0.139. The molecule has 0 bridgehead atoms. The van der Waals surface area contributed by atoms with E-state index in [0.717, 1.165) is 0 Å². The molecule has 0 aliphatic heterocycles. The fourth-order valence-corrected chi connectivity index (χ4v) is 2.86. The standard InChI is InChI=1S/C14H23NO4S/c1-14(2,3)20(16,17)9-12(15)11-8-10(18-4)6-7-13(11)19-5/h6-8,12H,9,15H2,1-5H3. The van der Waals surface area contributed by atoms with Crippen LogP contribution >= 0.6 is 0 Å². The van der Waals surface area contributed by atoms with Gasteiger partial charge in [0.1, 0.15) is 11.5 Å². The Hall–Kier alpha value is -1.27. The number of benzene rings is 1. The van der Waals surface area contributed by atoms with E-state index in [1.54, 1.807) is 46.1 Å². The van der Waals surface area contributed by atoms with Crippen molar-refractivity contribution < 1.29 is 17.9 Å². The van der Waals surface area contributed by atoms with Crippen LogP contribution in [-0.4, -0.2) is 33.1 Å². The van der Waals surface area contributed by atoms with E-state index in [0.29, 0.717) is 17.1 Å². The van der Waals surface area contributed by atoms with Gasteiger partial charge in [0, 0.05) is 11.6 Å². The van der Waals surface area contributed by atoms with E-state index in [9.17, 15) is 8.42 Å². The summed E-state index contributed by atoms with van der Waals surface area (Å²) >= 11 is 0. The lowest BCUT2D eigenvalue weighted by molar-refractivity contribution is 0.396. The lowest BCUT2D eigenvalue weighted by Crippen LogP contribution is -2.35. The summed E-state index contributed by atoms with van der Waals surface area (Å²) in [5.74, 6) is 1.03. The van der Waals surface area contributed by atoms with Gasteiger partial charge in [-0.05, 0) is 39.0 Å². The van der Waals surface area contributed by atoms with E-state index in [1.165, 1.54) is 7.11 Å². The molecule has 20 heavy (non-hydrogen) atoms. The normalized spacial score (nSPS) is 13.9. The minimum atomic E-state index is -3.31. The number of hydrogen-bond donors (Lipinski definition) is 1. The Balaban J connectivity index is 3.12. The van der Waals surface area contributed by atoms with Gasteiger partial charge in [0.25, 0.3) is 0 Å². The zero-order valence-corrected chi connectivity index (χ0v) is 13.5. The Bertz CT molecular complexity index is 561. The third-order valence-electron chi connectivity index (χ3n) is 3.17. The Morgan fingerprint density at radius 3 is 2.25 bits per heavy atom. The number of hydrogen-bond acceptors (Lipinski definition) is 5. The van der Waals surface area contributed by atoms with E-state index in [-0.39, 0.29) is 5.75 Å². The molecule has 1 aromatic carbocycles. The Labute approximate surface area is 121 Å². The maximum atomic E-state index is 12.2. The molecule has 2 N–H and O–H groups in total. The monoisotopic (exact) mass is 301 g/mol. The molecule has 1 atom stereocenters. The van der Waals surface area contributed by atoms with Gasteiger partial charge >= 0.3 is 0 Å². The van der Waals surface area contributed by atoms with Crippen LogP contribution in [0.2, 0.25) is 0 Å². The first-order valence-corrected chi connectivity index (χ1v) is 7.97. The molecule has 114 valence electrons. The Morgan fingerprint density at radius 2 is 1.80 bits per heavy atom. The number of methoxy groups -OCH3 is 2. The summed E-state index contributed by atoms with van der Waals surface area (Å²) in [5.41, 5.74) is 6.69. The van der Waals surface area contributed by atoms with Crippen molar-refractivity contribution in [2.75, 3.05) is 20.0 Å². The lowest BCUT2D eigenvalue weighted by atomic mass is 10.1. The summed E-state index contributed by atoms with van der Waals surface area (Å²) in [4.78, 5) is 0. The molecule has 0 heterocycles. The molecule has 0 spiro atoms. The summed E-state index contributed by atoms with van der Waals surface area (Å²) in [5, 5.41) is 0. The van der Waals surface area contributed by atoms with Crippen LogP contribution in [0, 0.1) is 0 Å². The van der Waals surface area contributed by atoms with Crippen molar-refractivity contribution in [1.29, 1.82) is 0 Å². The van der Waals surface area contributed by atoms with Gasteiger partial charge in [0.05, 0.1) is 24.7 Å². The van der Waals surface area contributed by atoms with E-state index in [2.05, 4.69) is 0 Å². The molecule has 6 heteroatoms. The van der Waals surface area contributed by atoms with Gasteiger partial charge in [-0.25, -0.2) is 8.42 Å². The quantitative estimate of drug-likeness (QED) is 0.899. The molecule has 0 saturated heterocycles. The average molecular weight is 301 g/mol. The highest BCUT2D eigenvalue weighted by Crippen LogP contribution is 2.30. The van der Waals surface area contributed by atoms with E-state index < -0.39 is 20.6 Å². The van der Waals surface area contributed by atoms with Crippen LogP contribution in [0.5, 0.6) is 11.5 Å². The molecule has 0 fully saturated rings. The zero-order valence-electron chi connectivity index (χ0n) is 12.6. The van der Waals surface area contributed by atoms with Crippen molar-refractivity contribution in [2.45, 2.75) is 31.6 Å². The molecule has 0 aromatic heterocycles. The van der Waals surface area contributed by atoms with Crippen LogP contribution in [0.3, 0.4) is 0 Å².